The molecule has 4 heteroatoms. The van der Waals surface area contributed by atoms with Crippen LogP contribution in [0.3, 0.4) is 0 Å². The van der Waals surface area contributed by atoms with Gasteiger partial charge in [0.25, 0.3) is 0 Å². The Balaban J connectivity index is 2.25. The second-order valence-electron chi connectivity index (χ2n) is 4.56. The summed E-state index contributed by atoms with van der Waals surface area (Å²) in [6, 6.07) is 10.5. The zero-order chi connectivity index (χ0) is 14.5. The van der Waals surface area contributed by atoms with Crippen molar-refractivity contribution >= 4 is 15.9 Å². The van der Waals surface area contributed by atoms with Crippen LogP contribution in [0.2, 0.25) is 0 Å². The van der Waals surface area contributed by atoms with Crippen molar-refractivity contribution in [2.45, 2.75) is 20.4 Å². The number of halogens is 2. The van der Waals surface area contributed by atoms with Crippen molar-refractivity contribution in [3.8, 4) is 11.5 Å². The highest BCUT2D eigenvalue weighted by atomic mass is 79.9. The van der Waals surface area contributed by atoms with Gasteiger partial charge in [-0.25, -0.2) is 4.39 Å². The minimum absolute atomic E-state index is 0.315. The quantitative estimate of drug-likeness (QED) is 0.846. The second kappa shape index (κ2) is 6.86. The van der Waals surface area contributed by atoms with Crippen LogP contribution in [0.1, 0.15) is 18.1 Å². The van der Waals surface area contributed by atoms with Crippen LogP contribution in [0, 0.1) is 12.7 Å². The Labute approximate surface area is 127 Å². The van der Waals surface area contributed by atoms with Gasteiger partial charge in [-0.1, -0.05) is 19.1 Å². The molecular weight excluding hydrogens is 321 g/mol. The number of benzene rings is 2. The molecule has 0 aliphatic heterocycles. The average Bonchev–Trinajstić information content (AvgIpc) is 2.43. The molecule has 2 aromatic rings. The molecule has 0 spiro atoms. The molecule has 2 rings (SSSR count). The highest BCUT2D eigenvalue weighted by Gasteiger charge is 2.07. The molecule has 0 aliphatic rings. The van der Waals surface area contributed by atoms with Crippen LogP contribution >= 0.6 is 15.9 Å². The molecule has 0 aliphatic carbocycles. The number of hydrogen-bond donors (Lipinski definition) is 1. The third kappa shape index (κ3) is 3.81. The van der Waals surface area contributed by atoms with Crippen LogP contribution in [0.4, 0.5) is 4.39 Å². The number of nitrogens with one attached hydrogen (secondary N) is 1. The number of hydrogen-bond acceptors (Lipinski definition) is 2. The van der Waals surface area contributed by atoms with Gasteiger partial charge in [-0.15, -0.1) is 0 Å². The van der Waals surface area contributed by atoms with Crippen LogP contribution in [-0.2, 0) is 6.54 Å². The van der Waals surface area contributed by atoms with Crippen molar-refractivity contribution in [1.29, 1.82) is 0 Å². The zero-order valence-electron chi connectivity index (χ0n) is 11.5. The van der Waals surface area contributed by atoms with Gasteiger partial charge < -0.3 is 10.1 Å². The van der Waals surface area contributed by atoms with Crippen LogP contribution in [0.15, 0.2) is 40.9 Å². The molecular formula is C16H17BrFNO. The molecule has 0 unspecified atom stereocenters. The van der Waals surface area contributed by atoms with Gasteiger partial charge in [0.15, 0.2) is 0 Å². The lowest BCUT2D eigenvalue weighted by Gasteiger charge is -2.12. The lowest BCUT2D eigenvalue weighted by molar-refractivity contribution is 0.469. The van der Waals surface area contributed by atoms with Crippen molar-refractivity contribution in [2.75, 3.05) is 6.54 Å². The van der Waals surface area contributed by atoms with Gasteiger partial charge in [0.1, 0.15) is 17.3 Å². The lowest BCUT2D eigenvalue weighted by atomic mass is 10.1. The molecule has 0 fully saturated rings. The molecule has 0 saturated heterocycles. The van der Waals surface area contributed by atoms with E-state index < -0.39 is 0 Å². The van der Waals surface area contributed by atoms with E-state index in [-0.39, 0.29) is 5.82 Å². The Morgan fingerprint density at radius 2 is 1.95 bits per heavy atom. The first-order valence-electron chi connectivity index (χ1n) is 6.53. The van der Waals surface area contributed by atoms with E-state index in [1.165, 1.54) is 12.1 Å². The minimum Gasteiger partial charge on any atom is -0.456 e. The summed E-state index contributed by atoms with van der Waals surface area (Å²) in [5.74, 6) is 0.907. The van der Waals surface area contributed by atoms with Crippen LogP contribution in [0.25, 0.3) is 0 Å². The van der Waals surface area contributed by atoms with Crippen molar-refractivity contribution in [3.63, 3.8) is 0 Å². The maximum Gasteiger partial charge on any atom is 0.144 e. The van der Waals surface area contributed by atoms with E-state index in [1.807, 2.05) is 19.1 Å². The smallest absolute Gasteiger partial charge is 0.144 e. The van der Waals surface area contributed by atoms with Gasteiger partial charge in [-0.2, -0.15) is 0 Å². The maximum atomic E-state index is 13.3. The standard InChI is InChI=1S/C16H17BrFNO/c1-3-19-10-12-5-4-11(2)15(8-12)20-16-9-13(18)6-7-14(16)17/h4-9,19H,3,10H2,1-2H3. The fraction of sp³-hybridized carbons (Fsp3) is 0.250. The van der Waals surface area contributed by atoms with Gasteiger partial charge in [-0.3, -0.25) is 0 Å². The van der Waals surface area contributed by atoms with Gasteiger partial charge in [-0.05, 0) is 58.7 Å². The molecule has 0 bridgehead atoms. The summed E-state index contributed by atoms with van der Waals surface area (Å²) in [6.07, 6.45) is 0. The van der Waals surface area contributed by atoms with Crippen molar-refractivity contribution in [1.82, 2.24) is 5.32 Å². The molecule has 2 nitrogen and oxygen atoms in total. The van der Waals surface area contributed by atoms with Crippen molar-refractivity contribution in [2.24, 2.45) is 0 Å². The molecule has 2 aromatic carbocycles. The molecule has 106 valence electrons. The Kier molecular flexibility index (Phi) is 5.15. The van der Waals surface area contributed by atoms with E-state index in [9.17, 15) is 4.39 Å². The SMILES string of the molecule is CCNCc1ccc(C)c(Oc2cc(F)ccc2Br)c1. The molecule has 20 heavy (non-hydrogen) atoms. The number of rotatable bonds is 5. The topological polar surface area (TPSA) is 21.3 Å². The summed E-state index contributed by atoms with van der Waals surface area (Å²) in [5, 5.41) is 3.27. The molecule has 0 amide bonds. The van der Waals surface area contributed by atoms with Crippen LogP contribution in [0.5, 0.6) is 11.5 Å². The fourth-order valence-corrected chi connectivity index (χ4v) is 2.14. The first-order chi connectivity index (χ1) is 9.60. The number of ether oxygens (including phenoxy) is 1. The summed E-state index contributed by atoms with van der Waals surface area (Å²) < 4.78 is 19.8. The Hall–Kier alpha value is -1.39. The minimum atomic E-state index is -0.315. The molecule has 1 N–H and O–H groups in total. The Morgan fingerprint density at radius 1 is 1.15 bits per heavy atom. The largest absolute Gasteiger partial charge is 0.456 e. The molecule has 0 saturated carbocycles. The molecule has 0 heterocycles. The van der Waals surface area contributed by atoms with Crippen LogP contribution in [-0.4, -0.2) is 6.54 Å². The van der Waals surface area contributed by atoms with Gasteiger partial charge in [0.05, 0.1) is 4.47 Å². The van der Waals surface area contributed by atoms with E-state index in [2.05, 4.69) is 34.2 Å². The molecule has 0 radical (unpaired) electrons. The second-order valence-corrected chi connectivity index (χ2v) is 5.41. The van der Waals surface area contributed by atoms with Crippen molar-refractivity contribution < 1.29 is 9.13 Å². The fourth-order valence-electron chi connectivity index (χ4n) is 1.81. The monoisotopic (exact) mass is 337 g/mol. The third-order valence-electron chi connectivity index (χ3n) is 2.94. The van der Waals surface area contributed by atoms with Gasteiger partial charge in [0.2, 0.25) is 0 Å². The van der Waals surface area contributed by atoms with Gasteiger partial charge >= 0.3 is 0 Å². The summed E-state index contributed by atoms with van der Waals surface area (Å²) in [6.45, 7) is 5.74. The Morgan fingerprint density at radius 3 is 2.70 bits per heavy atom. The predicted octanol–water partition coefficient (Wildman–Crippen LogP) is 4.80. The summed E-state index contributed by atoms with van der Waals surface area (Å²) in [7, 11) is 0. The Bertz CT molecular complexity index is 601. The van der Waals surface area contributed by atoms with E-state index in [1.54, 1.807) is 6.07 Å². The first kappa shape index (κ1) is 15.0. The highest BCUT2D eigenvalue weighted by molar-refractivity contribution is 9.10. The first-order valence-corrected chi connectivity index (χ1v) is 7.32. The zero-order valence-corrected chi connectivity index (χ0v) is 13.1. The van der Waals surface area contributed by atoms with E-state index in [4.69, 9.17) is 4.74 Å². The summed E-state index contributed by atoms with van der Waals surface area (Å²) >= 11 is 3.37. The lowest BCUT2D eigenvalue weighted by Crippen LogP contribution is -2.11. The van der Waals surface area contributed by atoms with E-state index in [0.29, 0.717) is 5.75 Å². The van der Waals surface area contributed by atoms with Crippen LogP contribution < -0.4 is 10.1 Å². The normalized spacial score (nSPS) is 10.6. The predicted molar refractivity (Wildman–Crippen MR) is 82.7 cm³/mol. The molecule has 0 aromatic heterocycles. The maximum absolute atomic E-state index is 13.3. The van der Waals surface area contributed by atoms with Gasteiger partial charge in [0, 0.05) is 12.6 Å². The summed E-state index contributed by atoms with van der Waals surface area (Å²) in [5.41, 5.74) is 2.15. The van der Waals surface area contributed by atoms with Crippen molar-refractivity contribution in [3.05, 3.63) is 57.8 Å². The number of aryl methyl sites for hydroxylation is 1. The average molecular weight is 338 g/mol. The third-order valence-corrected chi connectivity index (χ3v) is 3.60. The molecule has 0 atom stereocenters. The van der Waals surface area contributed by atoms with E-state index >= 15 is 0 Å². The summed E-state index contributed by atoms with van der Waals surface area (Å²) in [4.78, 5) is 0. The highest BCUT2D eigenvalue weighted by Crippen LogP contribution is 2.32. The van der Waals surface area contributed by atoms with E-state index in [0.717, 1.165) is 34.4 Å².